The van der Waals surface area contributed by atoms with Gasteiger partial charge in [0.05, 0.1) is 5.02 Å². The fourth-order valence-electron chi connectivity index (χ4n) is 3.33. The van der Waals surface area contributed by atoms with Crippen LogP contribution in [0.5, 0.6) is 11.5 Å². The summed E-state index contributed by atoms with van der Waals surface area (Å²) in [7, 11) is 0. The number of para-hydroxylation sites is 1. The Morgan fingerprint density at radius 3 is 2.45 bits per heavy atom. The first-order chi connectivity index (χ1) is 14.8. The molecule has 0 unspecified atom stereocenters. The molecule has 0 fully saturated rings. The number of carbonyl (C=O) groups excluding carboxylic acids is 2. The summed E-state index contributed by atoms with van der Waals surface area (Å²) in [5.74, 6) is -0.183. The van der Waals surface area contributed by atoms with Gasteiger partial charge in [0.2, 0.25) is 5.91 Å². The normalized spacial score (nSPS) is 12.8. The molecule has 0 saturated heterocycles. The second-order valence-electron chi connectivity index (χ2n) is 7.42. The van der Waals surface area contributed by atoms with E-state index in [2.05, 4.69) is 10.6 Å². The molecule has 2 atom stereocenters. The first kappa shape index (κ1) is 24.8. The molecule has 0 bridgehead atoms. The largest absolute Gasteiger partial charge is 0.453 e. The highest BCUT2D eigenvalue weighted by molar-refractivity contribution is 6.32. The van der Waals surface area contributed by atoms with Gasteiger partial charge in [-0.1, -0.05) is 42.8 Å². The molecule has 0 spiro atoms. The zero-order chi connectivity index (χ0) is 22.8. The van der Waals surface area contributed by atoms with Crippen molar-refractivity contribution in [3.05, 3.63) is 58.9 Å². The van der Waals surface area contributed by atoms with Gasteiger partial charge in [0, 0.05) is 43.5 Å². The summed E-state index contributed by atoms with van der Waals surface area (Å²) in [5, 5.41) is 6.19. The van der Waals surface area contributed by atoms with Crippen molar-refractivity contribution in [2.24, 2.45) is 0 Å². The number of hydrogen-bond acceptors (Lipinski definition) is 4. The molecule has 0 saturated carbocycles. The molecule has 0 radical (unpaired) electrons. The standard InChI is InChI=1S/C24H30ClFN2O3/c1-4-21(28-16(3)15-17(29)11-14-22(30)27-5-2)19-12-13-20(25)24(23(19)26)31-18-9-7-6-8-10-18/h6-10,12-13,16,21,28H,4-5,11,14-15H2,1-3H3,(H,27,30)/t16-,21+/m0/s1. The van der Waals surface area contributed by atoms with E-state index >= 15 is 4.39 Å². The number of amides is 1. The van der Waals surface area contributed by atoms with Crippen LogP contribution in [0.3, 0.4) is 0 Å². The Labute approximate surface area is 188 Å². The minimum atomic E-state index is -0.523. The molecule has 7 heteroatoms. The average Bonchev–Trinajstić information content (AvgIpc) is 2.75. The van der Waals surface area contributed by atoms with Gasteiger partial charge in [-0.2, -0.15) is 0 Å². The maximum atomic E-state index is 15.3. The van der Waals surface area contributed by atoms with Crippen molar-refractivity contribution in [2.75, 3.05) is 6.54 Å². The van der Waals surface area contributed by atoms with E-state index < -0.39 is 5.82 Å². The quantitative estimate of drug-likeness (QED) is 0.445. The number of hydrogen-bond donors (Lipinski definition) is 2. The highest BCUT2D eigenvalue weighted by Crippen LogP contribution is 2.36. The van der Waals surface area contributed by atoms with Crippen LogP contribution in [0.1, 0.15) is 58.1 Å². The van der Waals surface area contributed by atoms with E-state index in [4.69, 9.17) is 16.3 Å². The lowest BCUT2D eigenvalue weighted by Crippen LogP contribution is -2.33. The number of nitrogens with one attached hydrogen (secondary N) is 2. The number of ketones is 1. The summed E-state index contributed by atoms with van der Waals surface area (Å²) >= 11 is 6.19. The summed E-state index contributed by atoms with van der Waals surface area (Å²) in [5.41, 5.74) is 0.430. The first-order valence-electron chi connectivity index (χ1n) is 10.6. The number of Topliss-reactive ketones (excluding diaryl/α,β-unsaturated/α-hetero) is 1. The van der Waals surface area contributed by atoms with Gasteiger partial charge in [0.15, 0.2) is 11.6 Å². The van der Waals surface area contributed by atoms with Crippen molar-refractivity contribution in [2.45, 2.75) is 58.5 Å². The molecule has 1 amide bonds. The van der Waals surface area contributed by atoms with E-state index in [0.29, 0.717) is 24.3 Å². The second-order valence-corrected chi connectivity index (χ2v) is 7.83. The van der Waals surface area contributed by atoms with Gasteiger partial charge in [0.1, 0.15) is 11.5 Å². The zero-order valence-corrected chi connectivity index (χ0v) is 19.0. The van der Waals surface area contributed by atoms with Crippen molar-refractivity contribution in [1.29, 1.82) is 0 Å². The van der Waals surface area contributed by atoms with Crippen LogP contribution in [0, 0.1) is 5.82 Å². The van der Waals surface area contributed by atoms with Gasteiger partial charge in [-0.15, -0.1) is 0 Å². The topological polar surface area (TPSA) is 67.4 Å². The summed E-state index contributed by atoms with van der Waals surface area (Å²) in [6.45, 7) is 6.20. The first-order valence-corrected chi connectivity index (χ1v) is 11.0. The Balaban J connectivity index is 2.05. The van der Waals surface area contributed by atoms with Crippen molar-refractivity contribution < 1.29 is 18.7 Å². The third-order valence-electron chi connectivity index (χ3n) is 4.85. The van der Waals surface area contributed by atoms with Gasteiger partial charge >= 0.3 is 0 Å². The predicted molar refractivity (Wildman–Crippen MR) is 121 cm³/mol. The molecule has 2 N–H and O–H groups in total. The molecule has 2 aromatic carbocycles. The Bertz CT molecular complexity index is 877. The lowest BCUT2D eigenvalue weighted by atomic mass is 10.0. The molecule has 0 aliphatic carbocycles. The molecule has 5 nitrogen and oxygen atoms in total. The van der Waals surface area contributed by atoms with Crippen LogP contribution >= 0.6 is 11.6 Å². The third kappa shape index (κ3) is 7.64. The second kappa shape index (κ2) is 12.4. The van der Waals surface area contributed by atoms with Crippen molar-refractivity contribution in [1.82, 2.24) is 10.6 Å². The van der Waals surface area contributed by atoms with Crippen LogP contribution in [0.25, 0.3) is 0 Å². The molecule has 31 heavy (non-hydrogen) atoms. The number of benzene rings is 2. The molecular weight excluding hydrogens is 419 g/mol. The van der Waals surface area contributed by atoms with Crippen molar-refractivity contribution >= 4 is 23.3 Å². The summed E-state index contributed by atoms with van der Waals surface area (Å²) < 4.78 is 21.0. The van der Waals surface area contributed by atoms with Crippen molar-refractivity contribution in [3.63, 3.8) is 0 Å². The number of ether oxygens (including phenoxy) is 1. The molecule has 2 rings (SSSR count). The van der Waals surface area contributed by atoms with Gasteiger partial charge in [-0.3, -0.25) is 9.59 Å². The highest BCUT2D eigenvalue weighted by atomic mass is 35.5. The van der Waals surface area contributed by atoms with Crippen molar-refractivity contribution in [3.8, 4) is 11.5 Å². The minimum Gasteiger partial charge on any atom is -0.453 e. The Hall–Kier alpha value is -2.44. The minimum absolute atomic E-state index is 0.00853. The Morgan fingerprint density at radius 1 is 1.10 bits per heavy atom. The molecule has 0 aromatic heterocycles. The van der Waals surface area contributed by atoms with Crippen LogP contribution in [-0.2, 0) is 9.59 Å². The van der Waals surface area contributed by atoms with E-state index in [1.807, 2.05) is 26.8 Å². The summed E-state index contributed by atoms with van der Waals surface area (Å²) in [4.78, 5) is 23.7. The molecule has 2 aromatic rings. The molecule has 168 valence electrons. The average molecular weight is 449 g/mol. The molecule has 0 aliphatic rings. The number of carbonyl (C=O) groups is 2. The van der Waals surface area contributed by atoms with E-state index in [9.17, 15) is 9.59 Å². The van der Waals surface area contributed by atoms with E-state index in [1.165, 1.54) is 0 Å². The fourth-order valence-corrected chi connectivity index (χ4v) is 3.51. The third-order valence-corrected chi connectivity index (χ3v) is 5.15. The zero-order valence-electron chi connectivity index (χ0n) is 18.2. The molecule has 0 aliphatic heterocycles. The van der Waals surface area contributed by atoms with E-state index in [-0.39, 0.29) is 53.8 Å². The van der Waals surface area contributed by atoms with Crippen LogP contribution in [0.4, 0.5) is 4.39 Å². The van der Waals surface area contributed by atoms with Gasteiger partial charge in [-0.25, -0.2) is 4.39 Å². The lowest BCUT2D eigenvalue weighted by molar-refractivity contribution is -0.125. The van der Waals surface area contributed by atoms with Crippen LogP contribution < -0.4 is 15.4 Å². The maximum absolute atomic E-state index is 15.3. The van der Waals surface area contributed by atoms with Crippen LogP contribution in [-0.4, -0.2) is 24.3 Å². The van der Waals surface area contributed by atoms with Gasteiger partial charge in [-0.05, 0) is 38.5 Å². The summed E-state index contributed by atoms with van der Waals surface area (Å²) in [6.07, 6.45) is 1.25. The predicted octanol–water partition coefficient (Wildman–Crippen LogP) is 5.58. The molecule has 0 heterocycles. The lowest BCUT2D eigenvalue weighted by Gasteiger charge is -2.24. The number of halogens is 2. The van der Waals surface area contributed by atoms with Gasteiger partial charge < -0.3 is 15.4 Å². The Morgan fingerprint density at radius 2 is 1.81 bits per heavy atom. The maximum Gasteiger partial charge on any atom is 0.220 e. The smallest absolute Gasteiger partial charge is 0.220 e. The monoisotopic (exact) mass is 448 g/mol. The molecular formula is C24H30ClFN2O3. The highest BCUT2D eigenvalue weighted by Gasteiger charge is 2.22. The van der Waals surface area contributed by atoms with E-state index in [1.54, 1.807) is 36.4 Å². The Kier molecular flexibility index (Phi) is 9.95. The van der Waals surface area contributed by atoms with Crippen LogP contribution in [0.2, 0.25) is 5.02 Å². The SMILES string of the molecule is CCNC(=O)CCC(=O)C[C@H](C)N[C@H](CC)c1ccc(Cl)c(Oc2ccccc2)c1F. The van der Waals surface area contributed by atoms with E-state index in [0.717, 1.165) is 0 Å². The fraction of sp³-hybridized carbons (Fsp3) is 0.417. The van der Waals surface area contributed by atoms with Gasteiger partial charge in [0.25, 0.3) is 0 Å². The summed E-state index contributed by atoms with van der Waals surface area (Å²) in [6, 6.07) is 11.7. The van der Waals surface area contributed by atoms with Crippen LogP contribution in [0.15, 0.2) is 42.5 Å². The number of rotatable bonds is 12.